The zero-order valence-electron chi connectivity index (χ0n) is 25.9. The number of aliphatic hydroxyl groups is 2. The quantitative estimate of drug-likeness (QED) is 0.183. The van der Waals surface area contributed by atoms with E-state index in [0.29, 0.717) is 18.8 Å². The van der Waals surface area contributed by atoms with Crippen molar-refractivity contribution in [3.8, 4) is 5.95 Å². The Hall–Kier alpha value is -3.31. The predicted molar refractivity (Wildman–Crippen MR) is 181 cm³/mol. The van der Waals surface area contributed by atoms with E-state index in [4.69, 9.17) is 10.1 Å². The number of nitrogens with one attached hydrogen (secondary N) is 1. The Balaban J connectivity index is 0.980. The van der Waals surface area contributed by atoms with Gasteiger partial charge in [0.2, 0.25) is 5.95 Å². The molecule has 3 fully saturated rings. The van der Waals surface area contributed by atoms with Gasteiger partial charge in [-0.1, -0.05) is 55.4 Å². The molecule has 3 N–H and O–H groups in total. The maximum Gasteiger partial charge on any atom is 0.229 e. The van der Waals surface area contributed by atoms with Crippen LogP contribution in [0, 0.1) is 28.6 Å². The summed E-state index contributed by atoms with van der Waals surface area (Å²) in [5.41, 5.74) is 4.09. The normalized spacial score (nSPS) is 33.3. The van der Waals surface area contributed by atoms with Crippen molar-refractivity contribution in [2.75, 3.05) is 5.75 Å². The van der Waals surface area contributed by atoms with Crippen LogP contribution in [0.4, 0.5) is 0 Å². The zero-order valence-corrected chi connectivity index (χ0v) is 27.6. The molecule has 46 heavy (non-hydrogen) atoms. The number of imidazole rings is 1. The standard InChI is InChI=1S/C36H37N5O3S2/c1-34-16-20-18-37-41(32-38-24-7-3-4-8-25(24)39-32)27(20)15-21(34)11-12-22-23-13-14-36(44,35(23,2)17-28(42)31(22)34)30(43)19-45-33-40-26-9-5-6-10-29(26)46-33/h3-10,15,18,22-23,28,31,42,44H,11-14,16-17,19H2,1-2H3,(H,38,39)/t22?,23?,28-,31?,34?,35?,36-/m0/s1. The second-order valence-electron chi connectivity index (χ2n) is 14.4. The first-order valence-electron chi connectivity index (χ1n) is 16.3. The Labute approximate surface area is 275 Å². The summed E-state index contributed by atoms with van der Waals surface area (Å²) in [5.74, 6) is 1.24. The lowest BCUT2D eigenvalue weighted by Crippen LogP contribution is -2.62. The van der Waals surface area contributed by atoms with Gasteiger partial charge in [-0.15, -0.1) is 11.3 Å². The molecular formula is C36H37N5O3S2. The zero-order chi connectivity index (χ0) is 31.4. The molecule has 4 aliphatic rings. The summed E-state index contributed by atoms with van der Waals surface area (Å²) in [6, 6.07) is 16.0. The molecule has 0 aliphatic heterocycles. The molecule has 2 aromatic carbocycles. The Morgan fingerprint density at radius 1 is 1.11 bits per heavy atom. The second-order valence-corrected chi connectivity index (χ2v) is 16.6. The van der Waals surface area contributed by atoms with Gasteiger partial charge in [-0.3, -0.25) is 4.79 Å². The van der Waals surface area contributed by atoms with Gasteiger partial charge in [0.1, 0.15) is 5.60 Å². The molecule has 10 heteroatoms. The molecule has 0 radical (unpaired) electrons. The number of aromatic amines is 1. The monoisotopic (exact) mass is 651 g/mol. The van der Waals surface area contributed by atoms with Gasteiger partial charge < -0.3 is 15.2 Å². The number of benzene rings is 2. The van der Waals surface area contributed by atoms with Crippen LogP contribution in [0.5, 0.6) is 0 Å². The summed E-state index contributed by atoms with van der Waals surface area (Å²) >= 11 is 3.01. The largest absolute Gasteiger partial charge is 0.393 e. The number of ketones is 1. The van der Waals surface area contributed by atoms with Crippen molar-refractivity contribution >= 4 is 56.2 Å². The van der Waals surface area contributed by atoms with Crippen molar-refractivity contribution < 1.29 is 15.0 Å². The molecule has 5 unspecified atom stereocenters. The minimum Gasteiger partial charge on any atom is -0.393 e. The molecule has 3 aromatic heterocycles. The number of thiazole rings is 1. The number of hydrogen-bond acceptors (Lipinski definition) is 8. The molecule has 7 atom stereocenters. The van der Waals surface area contributed by atoms with Crippen LogP contribution in [-0.2, 0) is 11.2 Å². The fourth-order valence-electron chi connectivity index (χ4n) is 10.0. The lowest BCUT2D eigenvalue weighted by Gasteiger charge is -2.60. The van der Waals surface area contributed by atoms with Gasteiger partial charge in [-0.2, -0.15) is 5.10 Å². The number of Topliss-reactive ketones (excluding diaryl/α,β-unsaturated/α-hetero) is 1. The van der Waals surface area contributed by atoms with Crippen molar-refractivity contribution in [3.05, 3.63) is 71.6 Å². The van der Waals surface area contributed by atoms with Gasteiger partial charge in [0.05, 0.1) is 45.0 Å². The fraction of sp³-hybridized carbons (Fsp3) is 0.444. The summed E-state index contributed by atoms with van der Waals surface area (Å²) in [6.45, 7) is 4.40. The topological polar surface area (TPSA) is 117 Å². The third kappa shape index (κ3) is 3.99. The molecule has 0 amide bonds. The van der Waals surface area contributed by atoms with Crippen molar-refractivity contribution in [2.24, 2.45) is 28.6 Å². The van der Waals surface area contributed by atoms with E-state index in [1.165, 1.54) is 17.3 Å². The summed E-state index contributed by atoms with van der Waals surface area (Å²) in [4.78, 5) is 26.8. The highest BCUT2D eigenvalue weighted by Gasteiger charge is 2.68. The van der Waals surface area contributed by atoms with E-state index in [-0.39, 0.29) is 34.7 Å². The second kappa shape index (κ2) is 10.1. The van der Waals surface area contributed by atoms with Crippen LogP contribution in [0.1, 0.15) is 57.2 Å². The van der Waals surface area contributed by atoms with Crippen LogP contribution >= 0.6 is 23.1 Å². The Morgan fingerprint density at radius 3 is 2.74 bits per heavy atom. The smallest absolute Gasteiger partial charge is 0.229 e. The highest BCUT2D eigenvalue weighted by Crippen LogP contribution is 2.67. The molecule has 3 saturated carbocycles. The van der Waals surface area contributed by atoms with Gasteiger partial charge in [-0.05, 0) is 97.6 Å². The molecule has 9 rings (SSSR count). The summed E-state index contributed by atoms with van der Waals surface area (Å²) in [7, 11) is 0. The number of aromatic nitrogens is 5. The lowest BCUT2D eigenvalue weighted by molar-refractivity contribution is -0.177. The first-order chi connectivity index (χ1) is 22.2. The van der Waals surface area contributed by atoms with Crippen molar-refractivity contribution in [3.63, 3.8) is 0 Å². The van der Waals surface area contributed by atoms with E-state index in [9.17, 15) is 15.0 Å². The van der Waals surface area contributed by atoms with Crippen molar-refractivity contribution in [2.45, 2.75) is 68.4 Å². The minimum atomic E-state index is -1.45. The molecule has 0 spiro atoms. The number of fused-ring (bicyclic) bond motifs is 8. The fourth-order valence-corrected chi connectivity index (χ4v) is 12.1. The summed E-state index contributed by atoms with van der Waals surface area (Å²) in [5, 5.41) is 29.0. The average Bonchev–Trinajstić information content (AvgIpc) is 3.81. The van der Waals surface area contributed by atoms with E-state index < -0.39 is 17.1 Å². The Bertz CT molecular complexity index is 2000. The SMILES string of the molecule is CC12Cc3cnn(-c4nc5ccccc5[nH]4)c3C=C1CCC1C2[C@@H](O)CC2(C)C1CC[C@]2(O)C(=O)CSc1nc2ccccc2s1. The predicted octanol–water partition coefficient (Wildman–Crippen LogP) is 6.60. The number of allylic oxidation sites excluding steroid dienone is 1. The Morgan fingerprint density at radius 2 is 1.91 bits per heavy atom. The van der Waals surface area contributed by atoms with Gasteiger partial charge in [0.15, 0.2) is 10.1 Å². The third-order valence-electron chi connectivity index (χ3n) is 12.2. The van der Waals surface area contributed by atoms with E-state index in [0.717, 1.165) is 62.5 Å². The molecule has 0 bridgehead atoms. The van der Waals surface area contributed by atoms with Gasteiger partial charge in [-0.25, -0.2) is 14.6 Å². The number of para-hydroxylation sites is 3. The number of aliphatic hydroxyl groups excluding tert-OH is 1. The summed E-state index contributed by atoms with van der Waals surface area (Å²) in [6.07, 6.45) is 8.02. The first-order valence-corrected chi connectivity index (χ1v) is 18.1. The molecule has 5 aromatic rings. The third-order valence-corrected chi connectivity index (χ3v) is 14.4. The lowest BCUT2D eigenvalue weighted by atomic mass is 9.45. The molecule has 8 nitrogen and oxygen atoms in total. The number of nitrogens with zero attached hydrogens (tertiary/aromatic N) is 4. The number of H-pyrrole nitrogens is 1. The molecular weight excluding hydrogens is 615 g/mol. The highest BCUT2D eigenvalue weighted by molar-refractivity contribution is 8.01. The average molecular weight is 652 g/mol. The van der Waals surface area contributed by atoms with E-state index >= 15 is 0 Å². The van der Waals surface area contributed by atoms with Crippen LogP contribution in [0.15, 0.2) is 64.6 Å². The van der Waals surface area contributed by atoms with E-state index in [1.54, 1.807) is 11.3 Å². The maximum atomic E-state index is 13.9. The van der Waals surface area contributed by atoms with Crippen molar-refractivity contribution in [1.29, 1.82) is 0 Å². The van der Waals surface area contributed by atoms with Gasteiger partial charge >= 0.3 is 0 Å². The Kier molecular flexibility index (Phi) is 6.34. The van der Waals surface area contributed by atoms with Gasteiger partial charge in [0.25, 0.3) is 0 Å². The highest BCUT2D eigenvalue weighted by atomic mass is 32.2. The van der Waals surface area contributed by atoms with Crippen LogP contribution in [-0.4, -0.2) is 58.2 Å². The minimum absolute atomic E-state index is 0.0582. The van der Waals surface area contributed by atoms with E-state index in [1.807, 2.05) is 59.4 Å². The molecule has 236 valence electrons. The number of rotatable bonds is 5. The van der Waals surface area contributed by atoms with Crippen LogP contribution in [0.2, 0.25) is 0 Å². The first kappa shape index (κ1) is 28.9. The van der Waals surface area contributed by atoms with Crippen molar-refractivity contribution in [1.82, 2.24) is 24.7 Å². The molecule has 3 heterocycles. The van der Waals surface area contributed by atoms with Crippen LogP contribution < -0.4 is 0 Å². The summed E-state index contributed by atoms with van der Waals surface area (Å²) < 4.78 is 3.86. The number of carbonyl (C=O) groups is 1. The van der Waals surface area contributed by atoms with Gasteiger partial charge in [0, 0.05) is 5.41 Å². The van der Waals surface area contributed by atoms with E-state index in [2.05, 4.69) is 29.9 Å². The number of thioether (sulfide) groups is 1. The number of hydrogen-bond donors (Lipinski definition) is 3. The van der Waals surface area contributed by atoms with Crippen LogP contribution in [0.3, 0.4) is 0 Å². The molecule has 4 aliphatic carbocycles. The number of carbonyl (C=O) groups excluding carboxylic acids is 1. The maximum absolute atomic E-state index is 13.9. The molecule has 0 saturated heterocycles. The van der Waals surface area contributed by atoms with Crippen LogP contribution in [0.25, 0.3) is 33.3 Å².